The molecule has 4 rings (SSSR count). The van der Waals surface area contributed by atoms with Crippen LogP contribution in [0.1, 0.15) is 25.7 Å². The van der Waals surface area contributed by atoms with Gasteiger partial charge in [0.05, 0.1) is 11.2 Å². The van der Waals surface area contributed by atoms with Gasteiger partial charge in [-0.1, -0.05) is 11.6 Å². The van der Waals surface area contributed by atoms with Crippen LogP contribution in [0.25, 0.3) is 0 Å². The molecule has 0 amide bonds. The summed E-state index contributed by atoms with van der Waals surface area (Å²) in [5.74, 6) is 2.06. The van der Waals surface area contributed by atoms with Gasteiger partial charge in [0.1, 0.15) is 23.4 Å². The van der Waals surface area contributed by atoms with Crippen molar-refractivity contribution in [2.45, 2.75) is 43.9 Å². The van der Waals surface area contributed by atoms with Gasteiger partial charge in [-0.05, 0) is 49.9 Å². The van der Waals surface area contributed by atoms with Crippen LogP contribution in [0.2, 0.25) is 5.02 Å². The molecule has 120 valence electrons. The molecule has 2 fully saturated rings. The topological polar surface area (TPSA) is 43.4 Å². The molecule has 2 aliphatic heterocycles. The van der Waals surface area contributed by atoms with Crippen LogP contribution in [0.15, 0.2) is 42.7 Å². The van der Waals surface area contributed by atoms with Crippen LogP contribution in [0, 0.1) is 0 Å². The second-order valence-electron chi connectivity index (χ2n) is 6.23. The maximum atomic E-state index is 6.23. The maximum absolute atomic E-state index is 6.23. The predicted molar refractivity (Wildman–Crippen MR) is 89.4 cm³/mol. The number of nitrogens with zero attached hydrogens (tertiary/aromatic N) is 1. The van der Waals surface area contributed by atoms with Crippen LogP contribution < -0.4 is 14.8 Å². The second kappa shape index (κ2) is 6.38. The Hall–Kier alpha value is -1.78. The Morgan fingerprint density at radius 1 is 1.09 bits per heavy atom. The highest BCUT2D eigenvalue weighted by Gasteiger charge is 2.34. The summed E-state index contributed by atoms with van der Waals surface area (Å²) < 4.78 is 12.0. The summed E-state index contributed by atoms with van der Waals surface area (Å²) in [4.78, 5) is 4.04. The van der Waals surface area contributed by atoms with E-state index < -0.39 is 0 Å². The highest BCUT2D eigenvalue weighted by Crippen LogP contribution is 2.35. The van der Waals surface area contributed by atoms with Crippen LogP contribution in [-0.4, -0.2) is 23.2 Å². The minimum absolute atomic E-state index is 0.265. The van der Waals surface area contributed by atoms with Crippen molar-refractivity contribution in [3.05, 3.63) is 47.7 Å². The van der Waals surface area contributed by atoms with Crippen molar-refractivity contribution in [2.24, 2.45) is 0 Å². The molecule has 2 saturated heterocycles. The molecule has 1 N–H and O–H groups in total. The van der Waals surface area contributed by atoms with Crippen molar-refractivity contribution in [3.63, 3.8) is 0 Å². The summed E-state index contributed by atoms with van der Waals surface area (Å²) in [7, 11) is 0. The summed E-state index contributed by atoms with van der Waals surface area (Å²) in [6.07, 6.45) is 8.30. The molecule has 1 unspecified atom stereocenters. The molecule has 23 heavy (non-hydrogen) atoms. The van der Waals surface area contributed by atoms with Gasteiger partial charge in [-0.3, -0.25) is 4.98 Å². The van der Waals surface area contributed by atoms with Crippen molar-refractivity contribution in [2.75, 3.05) is 0 Å². The average Bonchev–Trinajstić information content (AvgIpc) is 2.90. The minimum atomic E-state index is 0.265. The Kier molecular flexibility index (Phi) is 4.10. The van der Waals surface area contributed by atoms with Gasteiger partial charge >= 0.3 is 0 Å². The van der Waals surface area contributed by atoms with E-state index in [9.17, 15) is 0 Å². The van der Waals surface area contributed by atoms with E-state index in [1.54, 1.807) is 12.4 Å². The third-order valence-electron chi connectivity index (χ3n) is 4.50. The highest BCUT2D eigenvalue weighted by molar-refractivity contribution is 6.32. The van der Waals surface area contributed by atoms with Crippen LogP contribution in [0.5, 0.6) is 17.2 Å². The third kappa shape index (κ3) is 3.43. The molecule has 0 spiro atoms. The summed E-state index contributed by atoms with van der Waals surface area (Å²) >= 11 is 6.23. The first kappa shape index (κ1) is 14.8. The van der Waals surface area contributed by atoms with Crippen LogP contribution in [0.4, 0.5) is 0 Å². The first-order chi connectivity index (χ1) is 11.3. The number of halogens is 1. The number of piperidine rings is 1. The average molecular weight is 331 g/mol. The van der Waals surface area contributed by atoms with Crippen molar-refractivity contribution in [1.82, 2.24) is 10.3 Å². The fourth-order valence-electron chi connectivity index (χ4n) is 3.46. The van der Waals surface area contributed by atoms with Gasteiger partial charge in [0.2, 0.25) is 0 Å². The second-order valence-corrected chi connectivity index (χ2v) is 6.64. The molecule has 2 bridgehead atoms. The lowest BCUT2D eigenvalue weighted by molar-refractivity contribution is 0.137. The SMILES string of the molecule is Clc1ccc(OC2C[C@H]3CC[C@@H](C2)N3)cc1Oc1cccnc1. The molecule has 4 nitrogen and oxygen atoms in total. The molecule has 2 aliphatic rings. The Morgan fingerprint density at radius 2 is 1.91 bits per heavy atom. The molecular weight excluding hydrogens is 312 g/mol. The quantitative estimate of drug-likeness (QED) is 0.913. The number of aromatic nitrogens is 1. The van der Waals surface area contributed by atoms with E-state index in [0.29, 0.717) is 28.6 Å². The lowest BCUT2D eigenvalue weighted by Gasteiger charge is -2.29. The Labute approximate surface area is 140 Å². The van der Waals surface area contributed by atoms with E-state index in [1.165, 1.54) is 12.8 Å². The minimum Gasteiger partial charge on any atom is -0.490 e. The Morgan fingerprint density at radius 3 is 2.65 bits per heavy atom. The normalized spacial score (nSPS) is 26.0. The van der Waals surface area contributed by atoms with Crippen molar-refractivity contribution in [3.8, 4) is 17.2 Å². The number of ether oxygens (including phenoxy) is 2. The van der Waals surface area contributed by atoms with E-state index >= 15 is 0 Å². The van der Waals surface area contributed by atoms with Crippen LogP contribution in [0.3, 0.4) is 0 Å². The smallest absolute Gasteiger partial charge is 0.149 e. The first-order valence-corrected chi connectivity index (χ1v) is 8.44. The number of rotatable bonds is 4. The number of benzene rings is 1. The number of hydrogen-bond acceptors (Lipinski definition) is 4. The molecule has 1 aromatic heterocycles. The lowest BCUT2D eigenvalue weighted by atomic mass is 10.0. The van der Waals surface area contributed by atoms with E-state index in [1.807, 2.05) is 30.3 Å². The van der Waals surface area contributed by atoms with Gasteiger partial charge in [0.25, 0.3) is 0 Å². The lowest BCUT2D eigenvalue weighted by Crippen LogP contribution is -2.42. The molecule has 0 radical (unpaired) electrons. The molecule has 1 aromatic carbocycles. The van der Waals surface area contributed by atoms with Gasteiger partial charge in [-0.25, -0.2) is 0 Å². The zero-order valence-corrected chi connectivity index (χ0v) is 13.5. The largest absolute Gasteiger partial charge is 0.490 e. The van der Waals surface area contributed by atoms with E-state index in [0.717, 1.165) is 18.6 Å². The third-order valence-corrected chi connectivity index (χ3v) is 4.81. The predicted octanol–water partition coefficient (Wildman–Crippen LogP) is 4.19. The Balaban J connectivity index is 1.48. The van der Waals surface area contributed by atoms with Gasteiger partial charge in [-0.2, -0.15) is 0 Å². The zero-order valence-electron chi connectivity index (χ0n) is 12.7. The van der Waals surface area contributed by atoms with Gasteiger partial charge in [-0.15, -0.1) is 0 Å². The van der Waals surface area contributed by atoms with E-state index in [4.69, 9.17) is 21.1 Å². The molecule has 5 heteroatoms. The molecule has 2 aromatic rings. The molecule has 0 aliphatic carbocycles. The fourth-order valence-corrected chi connectivity index (χ4v) is 3.62. The zero-order chi connectivity index (χ0) is 15.6. The monoisotopic (exact) mass is 330 g/mol. The number of hydrogen-bond donors (Lipinski definition) is 1. The maximum Gasteiger partial charge on any atom is 0.149 e. The van der Waals surface area contributed by atoms with E-state index in [2.05, 4.69) is 10.3 Å². The van der Waals surface area contributed by atoms with Gasteiger partial charge in [0, 0.05) is 24.3 Å². The van der Waals surface area contributed by atoms with Crippen LogP contribution >= 0.6 is 11.6 Å². The molecule has 0 saturated carbocycles. The van der Waals surface area contributed by atoms with Gasteiger partial charge in [0.15, 0.2) is 0 Å². The van der Waals surface area contributed by atoms with Crippen LogP contribution in [-0.2, 0) is 0 Å². The molecule has 3 atom stereocenters. The number of pyridine rings is 1. The molecule has 3 heterocycles. The molecular formula is C18H19ClN2O2. The standard InChI is InChI=1S/C18H19ClN2O2/c19-17-6-5-14(10-18(17)23-15-2-1-7-20-11-15)22-16-8-12-3-4-13(9-16)21-12/h1-2,5-7,10-13,16,21H,3-4,8-9H2/t12-,13+,16?. The summed E-state index contributed by atoms with van der Waals surface area (Å²) in [5, 5.41) is 4.19. The van der Waals surface area contributed by atoms with Crippen molar-refractivity contribution < 1.29 is 9.47 Å². The van der Waals surface area contributed by atoms with Gasteiger partial charge < -0.3 is 14.8 Å². The first-order valence-electron chi connectivity index (χ1n) is 8.06. The van der Waals surface area contributed by atoms with Crippen molar-refractivity contribution in [1.29, 1.82) is 0 Å². The fraction of sp³-hybridized carbons (Fsp3) is 0.389. The summed E-state index contributed by atoms with van der Waals surface area (Å²) in [6.45, 7) is 0. The summed E-state index contributed by atoms with van der Waals surface area (Å²) in [6, 6.07) is 10.5. The van der Waals surface area contributed by atoms with Crippen molar-refractivity contribution >= 4 is 11.6 Å². The number of nitrogens with one attached hydrogen (secondary N) is 1. The summed E-state index contributed by atoms with van der Waals surface area (Å²) in [5.41, 5.74) is 0. The Bertz CT molecular complexity index is 668. The highest BCUT2D eigenvalue weighted by atomic mass is 35.5. The van der Waals surface area contributed by atoms with E-state index in [-0.39, 0.29) is 6.10 Å². The number of fused-ring (bicyclic) bond motifs is 2.